The highest BCUT2D eigenvalue weighted by molar-refractivity contribution is 7.89. The lowest BCUT2D eigenvalue weighted by atomic mass is 9.97. The quantitative estimate of drug-likeness (QED) is 0.532. The lowest BCUT2D eigenvalue weighted by molar-refractivity contribution is -0.126. The largest absolute Gasteiger partial charge is 0.352 e. The van der Waals surface area contributed by atoms with Crippen molar-refractivity contribution in [1.29, 1.82) is 0 Å². The van der Waals surface area contributed by atoms with E-state index in [9.17, 15) is 17.6 Å². The molecule has 0 radical (unpaired) electrons. The zero-order valence-electron chi connectivity index (χ0n) is 19.4. The van der Waals surface area contributed by atoms with Gasteiger partial charge in [-0.25, -0.2) is 12.8 Å². The van der Waals surface area contributed by atoms with Crippen LogP contribution in [-0.4, -0.2) is 41.9 Å². The highest BCUT2D eigenvalue weighted by Gasteiger charge is 2.34. The lowest BCUT2D eigenvalue weighted by Gasteiger charge is -2.31. The third-order valence-electron chi connectivity index (χ3n) is 6.64. The summed E-state index contributed by atoms with van der Waals surface area (Å²) in [5.41, 5.74) is 2.04. The summed E-state index contributed by atoms with van der Waals surface area (Å²) >= 11 is 0. The van der Waals surface area contributed by atoms with Crippen molar-refractivity contribution in [1.82, 2.24) is 19.8 Å². The monoisotopic (exact) mass is 498 g/mol. The van der Waals surface area contributed by atoms with Gasteiger partial charge in [-0.05, 0) is 61.9 Å². The highest BCUT2D eigenvalue weighted by Crippen LogP contribution is 2.39. The number of rotatable bonds is 7. The average Bonchev–Trinajstić information content (AvgIpc) is 3.60. The summed E-state index contributed by atoms with van der Waals surface area (Å²) in [6.07, 6.45) is 2.94. The van der Waals surface area contributed by atoms with E-state index in [2.05, 4.69) is 15.5 Å². The minimum atomic E-state index is -3.75. The molecule has 0 bridgehead atoms. The fraction of sp³-hybridized carbons (Fsp3) is 0.400. The van der Waals surface area contributed by atoms with Crippen LogP contribution >= 0.6 is 0 Å². The maximum Gasteiger partial charge on any atom is 0.243 e. The standard InChI is InChI=1S/C25H27FN4O4S/c1-16-2-5-20(23-28-25(34-29-23)19-6-7-19)14-22(16)35(32,33)30-12-10-18(11-13-30)24(31)27-15-17-3-8-21(26)9-4-17/h2-5,8-9,14,18-19H,6-7,10-13,15H2,1H3,(H,27,31). The molecule has 0 spiro atoms. The third-order valence-corrected chi connectivity index (χ3v) is 8.68. The number of aromatic nitrogens is 2. The maximum atomic E-state index is 13.5. The summed E-state index contributed by atoms with van der Waals surface area (Å²) in [5, 5.41) is 6.90. The number of halogens is 1. The van der Waals surface area contributed by atoms with Crippen LogP contribution in [0.25, 0.3) is 11.4 Å². The number of sulfonamides is 1. The molecule has 184 valence electrons. The van der Waals surface area contributed by atoms with Crippen LogP contribution in [0.3, 0.4) is 0 Å². The molecule has 1 amide bonds. The number of hydrogen-bond acceptors (Lipinski definition) is 6. The molecule has 35 heavy (non-hydrogen) atoms. The Hall–Kier alpha value is -3.11. The molecule has 0 unspecified atom stereocenters. The molecule has 1 N–H and O–H groups in total. The number of aryl methyl sites for hydroxylation is 1. The van der Waals surface area contributed by atoms with E-state index in [1.54, 1.807) is 37.3 Å². The highest BCUT2D eigenvalue weighted by atomic mass is 32.2. The lowest BCUT2D eigenvalue weighted by Crippen LogP contribution is -2.43. The normalized spacial score (nSPS) is 17.4. The van der Waals surface area contributed by atoms with Gasteiger partial charge in [0.15, 0.2) is 0 Å². The second-order valence-electron chi connectivity index (χ2n) is 9.23. The Labute approximate surface area is 203 Å². The van der Waals surface area contributed by atoms with E-state index in [1.165, 1.54) is 16.4 Å². The van der Waals surface area contributed by atoms with Crippen LogP contribution in [0.2, 0.25) is 0 Å². The van der Waals surface area contributed by atoms with Crippen LogP contribution in [0.5, 0.6) is 0 Å². The van der Waals surface area contributed by atoms with Crippen molar-refractivity contribution in [3.8, 4) is 11.4 Å². The van der Waals surface area contributed by atoms with E-state index in [-0.39, 0.29) is 35.6 Å². The number of carbonyl (C=O) groups is 1. The summed E-state index contributed by atoms with van der Waals surface area (Å²) in [5.74, 6) is 0.598. The Kier molecular flexibility index (Phi) is 6.41. The zero-order chi connectivity index (χ0) is 24.6. The average molecular weight is 499 g/mol. The van der Waals surface area contributed by atoms with E-state index in [1.807, 2.05) is 0 Å². The molecule has 2 heterocycles. The number of benzene rings is 2. The Morgan fingerprint density at radius 2 is 1.83 bits per heavy atom. The number of nitrogens with zero attached hydrogens (tertiary/aromatic N) is 3. The van der Waals surface area contributed by atoms with Crippen molar-refractivity contribution in [2.24, 2.45) is 5.92 Å². The first-order valence-corrected chi connectivity index (χ1v) is 13.2. The fourth-order valence-electron chi connectivity index (χ4n) is 4.30. The van der Waals surface area contributed by atoms with Crippen molar-refractivity contribution in [3.63, 3.8) is 0 Å². The van der Waals surface area contributed by atoms with Crippen molar-refractivity contribution >= 4 is 15.9 Å². The molecule has 1 aliphatic carbocycles. The molecular weight excluding hydrogens is 471 g/mol. The summed E-state index contributed by atoms with van der Waals surface area (Å²) in [4.78, 5) is 17.2. The van der Waals surface area contributed by atoms with Gasteiger partial charge in [-0.3, -0.25) is 4.79 Å². The van der Waals surface area contributed by atoms with Crippen molar-refractivity contribution in [2.75, 3.05) is 13.1 Å². The van der Waals surface area contributed by atoms with Gasteiger partial charge in [0.05, 0.1) is 4.90 Å². The number of carbonyl (C=O) groups excluding carboxylic acids is 1. The molecule has 5 rings (SSSR count). The molecule has 8 nitrogen and oxygen atoms in total. The Balaban J connectivity index is 1.23. The summed E-state index contributed by atoms with van der Waals surface area (Å²) in [6.45, 7) is 2.59. The molecular formula is C25H27FN4O4S. The van der Waals surface area contributed by atoms with Gasteiger partial charge in [0.1, 0.15) is 5.82 Å². The first kappa shape index (κ1) is 23.6. The van der Waals surface area contributed by atoms with Gasteiger partial charge < -0.3 is 9.84 Å². The smallest absolute Gasteiger partial charge is 0.243 e. The number of hydrogen-bond donors (Lipinski definition) is 1. The second kappa shape index (κ2) is 9.50. The molecule has 1 aromatic heterocycles. The molecule has 2 aliphatic rings. The molecule has 3 aromatic rings. The molecule has 10 heteroatoms. The minimum absolute atomic E-state index is 0.117. The number of amides is 1. The van der Waals surface area contributed by atoms with E-state index in [0.717, 1.165) is 18.4 Å². The predicted octanol–water partition coefficient (Wildman–Crippen LogP) is 3.78. The molecule has 1 saturated carbocycles. The van der Waals surface area contributed by atoms with E-state index < -0.39 is 10.0 Å². The van der Waals surface area contributed by atoms with Crippen molar-refractivity contribution in [3.05, 3.63) is 65.3 Å². The van der Waals surface area contributed by atoms with Crippen LogP contribution < -0.4 is 5.32 Å². The van der Waals surface area contributed by atoms with Crippen molar-refractivity contribution < 1.29 is 22.1 Å². The van der Waals surface area contributed by atoms with E-state index in [0.29, 0.717) is 48.1 Å². The summed E-state index contributed by atoms with van der Waals surface area (Å²) < 4.78 is 46.7. The molecule has 2 aromatic carbocycles. The topological polar surface area (TPSA) is 105 Å². The van der Waals surface area contributed by atoms with Gasteiger partial charge >= 0.3 is 0 Å². The van der Waals surface area contributed by atoms with Gasteiger partial charge in [-0.15, -0.1) is 0 Å². The third kappa shape index (κ3) is 5.13. The second-order valence-corrected chi connectivity index (χ2v) is 11.1. The maximum absolute atomic E-state index is 13.5. The van der Waals surface area contributed by atoms with Crippen LogP contribution in [0.1, 0.15) is 48.6 Å². The van der Waals surface area contributed by atoms with Gasteiger partial charge in [0.2, 0.25) is 27.6 Å². The van der Waals surface area contributed by atoms with E-state index in [4.69, 9.17) is 4.52 Å². The van der Waals surface area contributed by atoms with Gasteiger partial charge in [-0.2, -0.15) is 9.29 Å². The van der Waals surface area contributed by atoms with Crippen LogP contribution in [0.15, 0.2) is 51.9 Å². The van der Waals surface area contributed by atoms with Gasteiger partial charge in [-0.1, -0.05) is 29.4 Å². The molecule has 2 fully saturated rings. The molecule has 0 atom stereocenters. The first-order valence-electron chi connectivity index (χ1n) is 11.8. The Morgan fingerprint density at radius 1 is 1.11 bits per heavy atom. The van der Waals surface area contributed by atoms with Crippen LogP contribution in [0, 0.1) is 18.7 Å². The molecule has 1 saturated heterocycles. The van der Waals surface area contributed by atoms with Gasteiger partial charge in [0.25, 0.3) is 0 Å². The Morgan fingerprint density at radius 3 is 2.51 bits per heavy atom. The fourth-order valence-corrected chi connectivity index (χ4v) is 6.02. The Bertz CT molecular complexity index is 1330. The van der Waals surface area contributed by atoms with E-state index >= 15 is 0 Å². The van der Waals surface area contributed by atoms with Crippen LogP contribution in [0.4, 0.5) is 4.39 Å². The zero-order valence-corrected chi connectivity index (χ0v) is 20.2. The first-order chi connectivity index (χ1) is 16.8. The number of nitrogens with one attached hydrogen (secondary N) is 1. The van der Waals surface area contributed by atoms with Gasteiger partial charge in [0, 0.05) is 37.0 Å². The summed E-state index contributed by atoms with van der Waals surface area (Å²) in [6, 6.07) is 11.1. The summed E-state index contributed by atoms with van der Waals surface area (Å²) in [7, 11) is -3.75. The SMILES string of the molecule is Cc1ccc(-c2noc(C3CC3)n2)cc1S(=O)(=O)N1CCC(C(=O)NCc2ccc(F)cc2)CC1. The van der Waals surface area contributed by atoms with Crippen molar-refractivity contribution in [2.45, 2.75) is 50.0 Å². The minimum Gasteiger partial charge on any atom is -0.352 e. The van der Waals surface area contributed by atoms with Crippen LogP contribution in [-0.2, 0) is 21.4 Å². The molecule has 1 aliphatic heterocycles. The predicted molar refractivity (Wildman–Crippen MR) is 126 cm³/mol. The number of piperidine rings is 1.